The summed E-state index contributed by atoms with van der Waals surface area (Å²) in [5.74, 6) is -0.720. The number of anilines is 1. The van der Waals surface area contributed by atoms with Crippen molar-refractivity contribution < 1.29 is 9.18 Å². The molecule has 0 radical (unpaired) electrons. The molecule has 0 saturated heterocycles. The van der Waals surface area contributed by atoms with Crippen LogP contribution in [0.3, 0.4) is 0 Å². The van der Waals surface area contributed by atoms with Gasteiger partial charge in [0, 0.05) is 12.7 Å². The second-order valence-corrected chi connectivity index (χ2v) is 8.04. The maximum atomic E-state index is 13.3. The first-order chi connectivity index (χ1) is 13.9. The summed E-state index contributed by atoms with van der Waals surface area (Å²) in [6, 6.07) is 17.2. The Labute approximate surface area is 170 Å². The smallest absolute Gasteiger partial charge is 0.261 e. The number of aromatic nitrogens is 2. The molecule has 0 aliphatic rings. The van der Waals surface area contributed by atoms with Crippen molar-refractivity contribution in [3.05, 3.63) is 76.8 Å². The van der Waals surface area contributed by atoms with Gasteiger partial charge in [0.05, 0.1) is 16.2 Å². The van der Waals surface area contributed by atoms with Gasteiger partial charge in [-0.15, -0.1) is 0 Å². The summed E-state index contributed by atoms with van der Waals surface area (Å²) in [7, 11) is 1.64. The summed E-state index contributed by atoms with van der Waals surface area (Å²) in [6.07, 6.45) is 0. The number of halogens is 1. The molecule has 1 amide bonds. The SMILES string of the molecule is C[C@H](Sc1nc2cc3ccccc3cc2c(=O)n1C)C(=O)Nc1cccc(F)c1. The van der Waals surface area contributed by atoms with Gasteiger partial charge in [-0.1, -0.05) is 42.1 Å². The fraction of sp³-hybridized carbons (Fsp3) is 0.136. The van der Waals surface area contributed by atoms with E-state index in [2.05, 4.69) is 10.3 Å². The average molecular weight is 407 g/mol. The van der Waals surface area contributed by atoms with Gasteiger partial charge >= 0.3 is 0 Å². The molecule has 0 bridgehead atoms. The number of rotatable bonds is 4. The van der Waals surface area contributed by atoms with E-state index in [1.54, 1.807) is 20.0 Å². The van der Waals surface area contributed by atoms with Crippen LogP contribution >= 0.6 is 11.8 Å². The molecule has 1 atom stereocenters. The van der Waals surface area contributed by atoms with Gasteiger partial charge in [0.1, 0.15) is 5.82 Å². The van der Waals surface area contributed by atoms with E-state index in [1.165, 1.54) is 34.5 Å². The molecule has 0 aliphatic heterocycles. The van der Waals surface area contributed by atoms with Crippen molar-refractivity contribution in [3.63, 3.8) is 0 Å². The number of carbonyl (C=O) groups excluding carboxylic acids is 1. The summed E-state index contributed by atoms with van der Waals surface area (Å²) in [5, 5.41) is 5.10. The molecule has 1 aromatic heterocycles. The van der Waals surface area contributed by atoms with Gasteiger partial charge in [0.25, 0.3) is 5.56 Å². The van der Waals surface area contributed by atoms with Gasteiger partial charge in [0.2, 0.25) is 5.91 Å². The van der Waals surface area contributed by atoms with E-state index in [-0.39, 0.29) is 11.5 Å². The van der Waals surface area contributed by atoms with Crippen molar-refractivity contribution in [1.82, 2.24) is 9.55 Å². The lowest BCUT2D eigenvalue weighted by Crippen LogP contribution is -2.25. The lowest BCUT2D eigenvalue weighted by Gasteiger charge is -2.14. The zero-order chi connectivity index (χ0) is 20.5. The van der Waals surface area contributed by atoms with Crippen LogP contribution < -0.4 is 10.9 Å². The Hall–Kier alpha value is -3.19. The number of fused-ring (bicyclic) bond motifs is 2. The van der Waals surface area contributed by atoms with Gasteiger partial charge in [-0.05, 0) is 48.0 Å². The predicted octanol–water partition coefficient (Wildman–Crippen LogP) is 4.35. The summed E-state index contributed by atoms with van der Waals surface area (Å²) in [5.41, 5.74) is 0.808. The van der Waals surface area contributed by atoms with Crippen molar-refractivity contribution in [2.75, 3.05) is 5.32 Å². The number of nitrogens with zero attached hydrogens (tertiary/aromatic N) is 2. The van der Waals surface area contributed by atoms with Crippen LogP contribution in [0.5, 0.6) is 0 Å². The quantitative estimate of drug-likeness (QED) is 0.310. The van der Waals surface area contributed by atoms with Crippen molar-refractivity contribution in [1.29, 1.82) is 0 Å². The van der Waals surface area contributed by atoms with E-state index >= 15 is 0 Å². The first-order valence-electron chi connectivity index (χ1n) is 9.05. The Balaban J connectivity index is 1.64. The molecule has 5 nitrogen and oxygen atoms in total. The third-order valence-corrected chi connectivity index (χ3v) is 5.79. The normalized spacial score (nSPS) is 12.2. The fourth-order valence-corrected chi connectivity index (χ4v) is 3.94. The number of carbonyl (C=O) groups is 1. The molecule has 146 valence electrons. The van der Waals surface area contributed by atoms with Crippen LogP contribution in [0.15, 0.2) is 70.6 Å². The van der Waals surface area contributed by atoms with Crippen LogP contribution in [-0.4, -0.2) is 20.7 Å². The number of hydrogen-bond acceptors (Lipinski definition) is 4. The molecular formula is C22H18FN3O2S. The largest absolute Gasteiger partial charge is 0.325 e. The summed E-state index contributed by atoms with van der Waals surface area (Å²) >= 11 is 1.18. The van der Waals surface area contributed by atoms with Crippen LogP contribution in [0, 0.1) is 5.82 Å². The van der Waals surface area contributed by atoms with Crippen molar-refractivity contribution in [2.24, 2.45) is 7.05 Å². The monoisotopic (exact) mass is 407 g/mol. The maximum Gasteiger partial charge on any atom is 0.261 e. The molecule has 0 aliphatic carbocycles. The Morgan fingerprint density at radius 3 is 2.55 bits per heavy atom. The number of nitrogens with one attached hydrogen (secondary N) is 1. The molecule has 7 heteroatoms. The lowest BCUT2D eigenvalue weighted by atomic mass is 10.1. The molecule has 0 fully saturated rings. The van der Waals surface area contributed by atoms with Crippen molar-refractivity contribution >= 4 is 45.0 Å². The summed E-state index contributed by atoms with van der Waals surface area (Å²) in [4.78, 5) is 29.9. The Kier molecular flexibility index (Phi) is 5.07. The Morgan fingerprint density at radius 2 is 1.83 bits per heavy atom. The highest BCUT2D eigenvalue weighted by atomic mass is 32.2. The molecule has 29 heavy (non-hydrogen) atoms. The predicted molar refractivity (Wildman–Crippen MR) is 115 cm³/mol. The van der Waals surface area contributed by atoms with Crippen molar-refractivity contribution in [3.8, 4) is 0 Å². The minimum atomic E-state index is -0.533. The second kappa shape index (κ2) is 7.67. The van der Waals surface area contributed by atoms with Crippen molar-refractivity contribution in [2.45, 2.75) is 17.3 Å². The van der Waals surface area contributed by atoms with Gasteiger partial charge in [-0.25, -0.2) is 9.37 Å². The van der Waals surface area contributed by atoms with Gasteiger partial charge in [0.15, 0.2) is 5.16 Å². The van der Waals surface area contributed by atoms with E-state index in [0.717, 1.165) is 10.8 Å². The average Bonchev–Trinajstić information content (AvgIpc) is 2.70. The molecular weight excluding hydrogens is 389 g/mol. The van der Waals surface area contributed by atoms with Crippen LogP contribution in [0.25, 0.3) is 21.7 Å². The molecule has 4 aromatic rings. The Morgan fingerprint density at radius 1 is 1.10 bits per heavy atom. The molecule has 1 N–H and O–H groups in total. The lowest BCUT2D eigenvalue weighted by molar-refractivity contribution is -0.115. The van der Waals surface area contributed by atoms with Gasteiger partial charge in [-0.2, -0.15) is 0 Å². The van der Waals surface area contributed by atoms with E-state index in [9.17, 15) is 14.0 Å². The number of benzene rings is 3. The molecule has 0 saturated carbocycles. The van der Waals surface area contributed by atoms with Crippen LogP contribution in [0.4, 0.5) is 10.1 Å². The van der Waals surface area contributed by atoms with E-state index < -0.39 is 11.1 Å². The zero-order valence-electron chi connectivity index (χ0n) is 15.8. The number of thioether (sulfide) groups is 1. The third-order valence-electron chi connectivity index (χ3n) is 4.65. The minimum absolute atomic E-state index is 0.166. The summed E-state index contributed by atoms with van der Waals surface area (Å²) < 4.78 is 14.8. The molecule has 4 rings (SSSR count). The molecule has 3 aromatic carbocycles. The zero-order valence-corrected chi connectivity index (χ0v) is 16.7. The highest BCUT2D eigenvalue weighted by Crippen LogP contribution is 2.25. The summed E-state index contributed by atoms with van der Waals surface area (Å²) in [6.45, 7) is 1.72. The highest BCUT2D eigenvalue weighted by Gasteiger charge is 2.19. The van der Waals surface area contributed by atoms with Crippen LogP contribution in [0.1, 0.15) is 6.92 Å². The standard InChI is InChI=1S/C22H18FN3O2S/c1-13(20(27)24-17-9-5-8-16(23)12-17)29-22-25-19-11-15-7-4-3-6-14(15)10-18(19)21(28)26(22)2/h3-13H,1-2H3,(H,24,27)/t13-/m0/s1. The number of amides is 1. The maximum absolute atomic E-state index is 13.3. The van der Waals surface area contributed by atoms with E-state index in [4.69, 9.17) is 0 Å². The van der Waals surface area contributed by atoms with Gasteiger partial charge in [-0.3, -0.25) is 14.2 Å². The third kappa shape index (κ3) is 3.86. The second-order valence-electron chi connectivity index (χ2n) is 6.73. The van der Waals surface area contributed by atoms with Crippen LogP contribution in [0.2, 0.25) is 0 Å². The van der Waals surface area contributed by atoms with E-state index in [0.29, 0.717) is 21.7 Å². The molecule has 0 unspecified atom stereocenters. The Bertz CT molecular complexity index is 1300. The molecule has 1 heterocycles. The molecule has 0 spiro atoms. The van der Waals surface area contributed by atoms with Crippen LogP contribution in [-0.2, 0) is 11.8 Å². The first kappa shape index (κ1) is 19.1. The first-order valence-corrected chi connectivity index (χ1v) is 9.93. The number of hydrogen-bond donors (Lipinski definition) is 1. The minimum Gasteiger partial charge on any atom is -0.325 e. The van der Waals surface area contributed by atoms with E-state index in [1.807, 2.05) is 36.4 Å². The van der Waals surface area contributed by atoms with Gasteiger partial charge < -0.3 is 5.32 Å². The topological polar surface area (TPSA) is 64.0 Å². The fourth-order valence-electron chi connectivity index (χ4n) is 3.06. The highest BCUT2D eigenvalue weighted by molar-refractivity contribution is 8.00.